The number of halogens is 1. The van der Waals surface area contributed by atoms with E-state index in [1.807, 2.05) is 18.2 Å². The molecule has 8 heteroatoms. The highest BCUT2D eigenvalue weighted by Gasteiger charge is 2.27. The van der Waals surface area contributed by atoms with Crippen LogP contribution in [0.25, 0.3) is 11.3 Å². The van der Waals surface area contributed by atoms with E-state index in [-0.39, 0.29) is 29.5 Å². The lowest BCUT2D eigenvalue weighted by atomic mass is 9.95. The van der Waals surface area contributed by atoms with Gasteiger partial charge < -0.3 is 15.0 Å². The molecule has 0 atom stereocenters. The Hall–Kier alpha value is -4.09. The van der Waals surface area contributed by atoms with Crippen LogP contribution in [0.15, 0.2) is 48.5 Å². The molecule has 0 unspecified atom stereocenters. The van der Waals surface area contributed by atoms with Crippen molar-refractivity contribution in [3.05, 3.63) is 87.9 Å². The molecule has 3 heterocycles. The van der Waals surface area contributed by atoms with Crippen LogP contribution < -0.4 is 5.32 Å². The van der Waals surface area contributed by atoms with Crippen LogP contribution in [0.4, 0.5) is 4.39 Å². The van der Waals surface area contributed by atoms with Crippen LogP contribution in [-0.4, -0.2) is 48.0 Å². The quantitative estimate of drug-likeness (QED) is 0.651. The van der Waals surface area contributed by atoms with Crippen molar-refractivity contribution in [3.63, 3.8) is 0 Å². The summed E-state index contributed by atoms with van der Waals surface area (Å²) >= 11 is 0. The summed E-state index contributed by atoms with van der Waals surface area (Å²) in [4.78, 5) is 31.5. The third-order valence-corrected chi connectivity index (χ3v) is 6.10. The molecule has 0 radical (unpaired) electrons. The van der Waals surface area contributed by atoms with Gasteiger partial charge in [0.2, 0.25) is 0 Å². The van der Waals surface area contributed by atoms with Gasteiger partial charge >= 0.3 is 0 Å². The Labute approximate surface area is 195 Å². The lowest BCUT2D eigenvalue weighted by molar-refractivity contribution is 0.0303. The average molecular weight is 456 g/mol. The standard InChI is InChI=1S/C26H21FN4O3/c27-20-3-1-2-18(14-28)23(20)21-13-19(24-22(30-21)15-29-25(24)32)12-16-4-6-17(7-5-16)26(33)31-8-10-34-11-9-31/h1-7,13H,8-12,15H2,(H,29,32). The molecule has 2 aliphatic heterocycles. The van der Waals surface area contributed by atoms with Gasteiger partial charge in [0, 0.05) is 18.7 Å². The Balaban J connectivity index is 1.48. The molecular formula is C26H21FN4O3. The fourth-order valence-corrected chi connectivity index (χ4v) is 4.39. The lowest BCUT2D eigenvalue weighted by Gasteiger charge is -2.26. The highest BCUT2D eigenvalue weighted by atomic mass is 19.1. The maximum atomic E-state index is 14.7. The molecule has 1 fully saturated rings. The first kappa shape index (κ1) is 21.7. The van der Waals surface area contributed by atoms with E-state index in [0.717, 1.165) is 5.56 Å². The molecule has 2 aliphatic rings. The van der Waals surface area contributed by atoms with Gasteiger partial charge in [-0.1, -0.05) is 18.2 Å². The summed E-state index contributed by atoms with van der Waals surface area (Å²) < 4.78 is 20.0. The number of pyridine rings is 1. The molecule has 0 aliphatic carbocycles. The van der Waals surface area contributed by atoms with E-state index < -0.39 is 5.82 Å². The number of nitrogens with zero attached hydrogens (tertiary/aromatic N) is 3. The zero-order chi connectivity index (χ0) is 23.7. The number of amides is 2. The monoisotopic (exact) mass is 456 g/mol. The van der Waals surface area contributed by atoms with Crippen LogP contribution >= 0.6 is 0 Å². The molecule has 1 N–H and O–H groups in total. The summed E-state index contributed by atoms with van der Waals surface area (Å²) in [7, 11) is 0. The van der Waals surface area contributed by atoms with Crippen LogP contribution in [0.5, 0.6) is 0 Å². The molecule has 7 nitrogen and oxygen atoms in total. The van der Waals surface area contributed by atoms with E-state index in [0.29, 0.717) is 60.8 Å². The molecule has 0 saturated carbocycles. The zero-order valence-electron chi connectivity index (χ0n) is 18.3. The van der Waals surface area contributed by atoms with Gasteiger partial charge in [-0.15, -0.1) is 0 Å². The first-order chi connectivity index (χ1) is 16.5. The van der Waals surface area contributed by atoms with E-state index in [1.54, 1.807) is 29.2 Å². The van der Waals surface area contributed by atoms with Crippen molar-refractivity contribution >= 4 is 11.8 Å². The minimum absolute atomic E-state index is 0.0371. The van der Waals surface area contributed by atoms with Crippen molar-refractivity contribution in [2.24, 2.45) is 0 Å². The second-order valence-corrected chi connectivity index (χ2v) is 8.22. The van der Waals surface area contributed by atoms with Crippen molar-refractivity contribution in [1.29, 1.82) is 5.26 Å². The van der Waals surface area contributed by atoms with E-state index >= 15 is 0 Å². The molecule has 2 aromatic carbocycles. The fraction of sp³-hybridized carbons (Fsp3) is 0.231. The number of nitrogens with one attached hydrogen (secondary N) is 1. The fourth-order valence-electron chi connectivity index (χ4n) is 4.39. The van der Waals surface area contributed by atoms with Crippen molar-refractivity contribution in [3.8, 4) is 17.3 Å². The van der Waals surface area contributed by atoms with Gasteiger partial charge in [0.05, 0.1) is 53.9 Å². The maximum Gasteiger partial charge on any atom is 0.254 e. The van der Waals surface area contributed by atoms with Crippen molar-refractivity contribution in [2.45, 2.75) is 13.0 Å². The third-order valence-electron chi connectivity index (χ3n) is 6.10. The van der Waals surface area contributed by atoms with E-state index in [2.05, 4.69) is 10.3 Å². The van der Waals surface area contributed by atoms with Gasteiger partial charge in [-0.3, -0.25) is 9.59 Å². The van der Waals surface area contributed by atoms with E-state index in [4.69, 9.17) is 4.74 Å². The highest BCUT2D eigenvalue weighted by Crippen LogP contribution is 2.30. The van der Waals surface area contributed by atoms with Gasteiger partial charge in [-0.25, -0.2) is 9.37 Å². The topological polar surface area (TPSA) is 95.3 Å². The molecule has 170 valence electrons. The number of carbonyl (C=O) groups excluding carboxylic acids is 2. The second-order valence-electron chi connectivity index (χ2n) is 8.22. The van der Waals surface area contributed by atoms with Crippen molar-refractivity contribution in [1.82, 2.24) is 15.2 Å². The van der Waals surface area contributed by atoms with Crippen LogP contribution in [0, 0.1) is 17.1 Å². The number of aromatic nitrogens is 1. The molecular weight excluding hydrogens is 435 g/mol. The predicted octanol–water partition coefficient (Wildman–Crippen LogP) is 3.07. The largest absolute Gasteiger partial charge is 0.378 e. The van der Waals surface area contributed by atoms with Gasteiger partial charge in [0.1, 0.15) is 5.82 Å². The average Bonchev–Trinajstić information content (AvgIpc) is 3.25. The van der Waals surface area contributed by atoms with Crippen molar-refractivity contribution in [2.75, 3.05) is 26.3 Å². The number of hydrogen-bond acceptors (Lipinski definition) is 5. The lowest BCUT2D eigenvalue weighted by Crippen LogP contribution is -2.40. The number of hydrogen-bond donors (Lipinski definition) is 1. The Kier molecular flexibility index (Phi) is 5.78. The Morgan fingerprint density at radius 2 is 1.91 bits per heavy atom. The minimum Gasteiger partial charge on any atom is -0.378 e. The highest BCUT2D eigenvalue weighted by molar-refractivity contribution is 6.00. The van der Waals surface area contributed by atoms with Gasteiger partial charge in [-0.05, 0) is 47.9 Å². The molecule has 0 spiro atoms. The van der Waals surface area contributed by atoms with Crippen LogP contribution in [0.2, 0.25) is 0 Å². The maximum absolute atomic E-state index is 14.7. The zero-order valence-corrected chi connectivity index (χ0v) is 18.3. The number of carbonyl (C=O) groups is 2. The summed E-state index contributed by atoms with van der Waals surface area (Å²) in [6.07, 6.45) is 0.396. The SMILES string of the molecule is N#Cc1cccc(F)c1-c1cc(Cc2ccc(C(=O)N3CCOCC3)cc2)c2c(n1)CNC2=O. The number of fused-ring (bicyclic) bond motifs is 1. The number of benzene rings is 2. The van der Waals surface area contributed by atoms with Crippen LogP contribution in [-0.2, 0) is 17.7 Å². The number of ether oxygens (including phenoxy) is 1. The minimum atomic E-state index is -0.541. The van der Waals surface area contributed by atoms with E-state index in [9.17, 15) is 19.2 Å². The molecule has 5 rings (SSSR count). The second kappa shape index (κ2) is 9.04. The predicted molar refractivity (Wildman–Crippen MR) is 121 cm³/mol. The van der Waals surface area contributed by atoms with Gasteiger partial charge in [0.15, 0.2) is 0 Å². The third kappa shape index (κ3) is 4.02. The van der Waals surface area contributed by atoms with Gasteiger partial charge in [-0.2, -0.15) is 5.26 Å². The van der Waals surface area contributed by atoms with Crippen LogP contribution in [0.3, 0.4) is 0 Å². The van der Waals surface area contributed by atoms with Gasteiger partial charge in [0.25, 0.3) is 11.8 Å². The Morgan fingerprint density at radius 3 is 2.65 bits per heavy atom. The smallest absolute Gasteiger partial charge is 0.254 e. The summed E-state index contributed by atoms with van der Waals surface area (Å²) in [5.41, 5.74) is 3.81. The Bertz CT molecular complexity index is 1330. The summed E-state index contributed by atoms with van der Waals surface area (Å²) in [5.74, 6) is -0.803. The molecule has 0 bridgehead atoms. The molecule has 1 saturated heterocycles. The summed E-state index contributed by atoms with van der Waals surface area (Å²) in [6.45, 7) is 2.47. The number of nitriles is 1. The van der Waals surface area contributed by atoms with Crippen LogP contribution in [0.1, 0.15) is 43.1 Å². The van der Waals surface area contributed by atoms with Crippen molar-refractivity contribution < 1.29 is 18.7 Å². The molecule has 1 aromatic heterocycles. The number of morpholine rings is 1. The molecule has 3 aromatic rings. The normalized spacial score (nSPS) is 14.9. The summed E-state index contributed by atoms with van der Waals surface area (Å²) in [5, 5.41) is 12.2. The molecule has 2 amide bonds. The number of rotatable bonds is 4. The molecule has 34 heavy (non-hydrogen) atoms. The first-order valence-electron chi connectivity index (χ1n) is 11.0. The summed E-state index contributed by atoms with van der Waals surface area (Å²) in [6, 6.07) is 15.3. The Morgan fingerprint density at radius 1 is 1.15 bits per heavy atom. The first-order valence-corrected chi connectivity index (χ1v) is 11.0. The van der Waals surface area contributed by atoms with E-state index in [1.165, 1.54) is 12.1 Å².